The highest BCUT2D eigenvalue weighted by Crippen LogP contribution is 2.37. The van der Waals surface area contributed by atoms with E-state index in [1.807, 2.05) is 13.0 Å². The van der Waals surface area contributed by atoms with E-state index in [2.05, 4.69) is 15.9 Å². The molecule has 1 atom stereocenters. The maximum absolute atomic E-state index is 12.0. The molecule has 16 heavy (non-hydrogen) atoms. The molecule has 1 unspecified atom stereocenters. The van der Waals surface area contributed by atoms with E-state index in [-0.39, 0.29) is 5.92 Å². The molecule has 1 nitrogen and oxygen atoms in total. The van der Waals surface area contributed by atoms with Crippen molar-refractivity contribution in [1.29, 1.82) is 0 Å². The van der Waals surface area contributed by atoms with Gasteiger partial charge in [0.2, 0.25) is 5.78 Å². The number of alkyl halides is 3. The smallest absolute Gasteiger partial charge is 0.253 e. The van der Waals surface area contributed by atoms with E-state index >= 15 is 0 Å². The van der Waals surface area contributed by atoms with E-state index in [1.165, 1.54) is 0 Å². The fraction of sp³-hybridized carbons (Fsp3) is 0.545. The highest BCUT2D eigenvalue weighted by Gasteiger charge is 2.36. The minimum atomic E-state index is -1.86. The van der Waals surface area contributed by atoms with Crippen LogP contribution in [-0.2, 0) is 4.79 Å². The van der Waals surface area contributed by atoms with E-state index in [4.69, 9.17) is 34.8 Å². The number of rotatable bonds is 2. The summed E-state index contributed by atoms with van der Waals surface area (Å²) < 4.78 is -0.988. The number of hydrogen-bond acceptors (Lipinski definition) is 1. The number of halogens is 4. The van der Waals surface area contributed by atoms with Gasteiger partial charge < -0.3 is 0 Å². The predicted molar refractivity (Wildman–Crippen MR) is 73.4 cm³/mol. The molecule has 0 aliphatic heterocycles. The van der Waals surface area contributed by atoms with E-state index in [9.17, 15) is 4.79 Å². The molecule has 0 saturated heterocycles. The van der Waals surface area contributed by atoms with Gasteiger partial charge in [0, 0.05) is 10.1 Å². The van der Waals surface area contributed by atoms with Gasteiger partial charge in [-0.1, -0.05) is 63.7 Å². The van der Waals surface area contributed by atoms with Crippen LogP contribution in [0.25, 0.3) is 0 Å². The molecule has 0 amide bonds. The van der Waals surface area contributed by atoms with Gasteiger partial charge in [0.05, 0.1) is 0 Å². The summed E-state index contributed by atoms with van der Waals surface area (Å²) in [6, 6.07) is 0. The molecule has 1 rings (SSSR count). The quantitative estimate of drug-likeness (QED) is 0.647. The first kappa shape index (κ1) is 14.6. The lowest BCUT2D eigenvalue weighted by atomic mass is 9.90. The summed E-state index contributed by atoms with van der Waals surface area (Å²) in [5.41, 5.74) is 0.600. The number of ketones is 1. The molecule has 0 fully saturated rings. The first-order valence-electron chi connectivity index (χ1n) is 5.05. The van der Waals surface area contributed by atoms with E-state index in [0.717, 1.165) is 23.7 Å². The highest BCUT2D eigenvalue weighted by atomic mass is 79.9. The number of carbonyl (C=O) groups is 1. The van der Waals surface area contributed by atoms with Crippen molar-refractivity contribution >= 4 is 56.5 Å². The Hall–Kier alpha value is 0.500. The molecule has 0 aromatic carbocycles. The van der Waals surface area contributed by atoms with Gasteiger partial charge in [0.1, 0.15) is 0 Å². The average Bonchev–Trinajstić information content (AvgIpc) is 2.36. The van der Waals surface area contributed by atoms with Gasteiger partial charge in [-0.05, 0) is 31.3 Å². The molecule has 0 heterocycles. The van der Waals surface area contributed by atoms with Crippen molar-refractivity contribution in [3.05, 3.63) is 22.2 Å². The molecule has 0 radical (unpaired) electrons. The monoisotopic (exact) mass is 344 g/mol. The van der Waals surface area contributed by atoms with Crippen LogP contribution < -0.4 is 0 Å². The number of hydrogen-bond donors (Lipinski definition) is 0. The van der Waals surface area contributed by atoms with Crippen LogP contribution in [0.2, 0.25) is 0 Å². The third-order valence-electron chi connectivity index (χ3n) is 2.60. The summed E-state index contributed by atoms with van der Waals surface area (Å²) in [6.07, 6.45) is 6.50. The number of carbonyl (C=O) groups excluding carboxylic acids is 1. The van der Waals surface area contributed by atoms with Gasteiger partial charge in [-0.15, -0.1) is 0 Å². The highest BCUT2D eigenvalue weighted by molar-refractivity contribution is 9.11. The molecule has 1 aliphatic rings. The maximum atomic E-state index is 12.0. The zero-order valence-corrected chi connectivity index (χ0v) is 12.6. The molecule has 0 spiro atoms. The lowest BCUT2D eigenvalue weighted by Gasteiger charge is -2.19. The van der Waals surface area contributed by atoms with Crippen molar-refractivity contribution in [3.8, 4) is 0 Å². The van der Waals surface area contributed by atoms with Crippen LogP contribution in [0.15, 0.2) is 22.2 Å². The first-order chi connectivity index (χ1) is 7.36. The minimum Gasteiger partial charge on any atom is -0.290 e. The zero-order valence-electron chi connectivity index (χ0n) is 8.77. The lowest BCUT2D eigenvalue weighted by Crippen LogP contribution is -2.25. The van der Waals surface area contributed by atoms with Crippen LogP contribution in [0.3, 0.4) is 0 Å². The maximum Gasteiger partial charge on any atom is 0.253 e. The third-order valence-corrected chi connectivity index (χ3v) is 3.67. The van der Waals surface area contributed by atoms with E-state index in [0.29, 0.717) is 5.57 Å². The average molecular weight is 346 g/mol. The van der Waals surface area contributed by atoms with Gasteiger partial charge in [0.15, 0.2) is 0 Å². The van der Waals surface area contributed by atoms with Crippen LogP contribution in [0.4, 0.5) is 0 Å². The molecule has 0 aromatic heterocycles. The topological polar surface area (TPSA) is 17.1 Å². The summed E-state index contributed by atoms with van der Waals surface area (Å²) >= 11 is 20.3. The van der Waals surface area contributed by atoms with Gasteiger partial charge in [-0.25, -0.2) is 0 Å². The second-order valence-electron chi connectivity index (χ2n) is 3.70. The van der Waals surface area contributed by atoms with Crippen molar-refractivity contribution in [3.63, 3.8) is 0 Å². The molecule has 0 N–H and O–H groups in total. The molecule has 0 bridgehead atoms. The number of Topliss-reactive ketones (excluding diaryl/α,β-unsaturated/α-hetero) is 1. The summed E-state index contributed by atoms with van der Waals surface area (Å²) in [4.78, 5) is 12.0. The minimum absolute atomic E-state index is 0.162. The van der Waals surface area contributed by atoms with Crippen molar-refractivity contribution in [2.45, 2.75) is 30.0 Å². The second kappa shape index (κ2) is 5.90. The lowest BCUT2D eigenvalue weighted by molar-refractivity contribution is -0.115. The Labute approximate surface area is 119 Å². The predicted octanol–water partition coefficient (Wildman–Crippen LogP) is 4.95. The van der Waals surface area contributed by atoms with E-state index < -0.39 is 9.58 Å². The van der Waals surface area contributed by atoms with Gasteiger partial charge >= 0.3 is 0 Å². The van der Waals surface area contributed by atoms with Gasteiger partial charge in [0.25, 0.3) is 3.79 Å². The first-order valence-corrected chi connectivity index (χ1v) is 6.97. The van der Waals surface area contributed by atoms with Crippen LogP contribution in [0.1, 0.15) is 26.2 Å². The molecule has 90 valence electrons. The third kappa shape index (κ3) is 3.76. The van der Waals surface area contributed by atoms with Gasteiger partial charge in [-0.3, -0.25) is 4.79 Å². The van der Waals surface area contributed by atoms with Gasteiger partial charge in [-0.2, -0.15) is 0 Å². The normalized spacial score (nSPS) is 22.2. The zero-order chi connectivity index (χ0) is 12.3. The number of allylic oxidation sites excluding steroid dienone is 4. The van der Waals surface area contributed by atoms with Crippen molar-refractivity contribution in [1.82, 2.24) is 0 Å². The van der Waals surface area contributed by atoms with Crippen LogP contribution in [0, 0.1) is 5.92 Å². The van der Waals surface area contributed by atoms with Crippen molar-refractivity contribution in [2.24, 2.45) is 5.92 Å². The van der Waals surface area contributed by atoms with Crippen LogP contribution >= 0.6 is 50.7 Å². The summed E-state index contributed by atoms with van der Waals surface area (Å²) in [7, 11) is 0. The Morgan fingerprint density at radius 2 is 2.19 bits per heavy atom. The molecular weight excluding hydrogens is 334 g/mol. The summed E-state index contributed by atoms with van der Waals surface area (Å²) in [5, 5.41) is 0. The van der Waals surface area contributed by atoms with E-state index in [1.54, 1.807) is 6.08 Å². The largest absolute Gasteiger partial charge is 0.290 e. The molecule has 5 heteroatoms. The van der Waals surface area contributed by atoms with Crippen molar-refractivity contribution in [2.75, 3.05) is 0 Å². The second-order valence-corrected chi connectivity index (χ2v) is 6.90. The Morgan fingerprint density at radius 3 is 2.69 bits per heavy atom. The van der Waals surface area contributed by atoms with Crippen LogP contribution in [-0.4, -0.2) is 9.58 Å². The SMILES string of the molecule is CCC1CCC=C(Br)C=C1C(=O)C(Cl)(Cl)Cl. The summed E-state index contributed by atoms with van der Waals surface area (Å²) in [5.74, 6) is -0.258. The molecule has 0 saturated carbocycles. The Bertz CT molecular complexity index is 342. The molecule has 1 aliphatic carbocycles. The standard InChI is InChI=1S/C11H12BrCl3O/c1-2-7-4-3-5-8(12)6-9(7)10(16)11(13,14)15/h5-7H,2-4H2,1H3. The Morgan fingerprint density at radius 1 is 1.56 bits per heavy atom. The molecule has 0 aromatic rings. The molecular formula is C11H12BrCl3O. The fourth-order valence-corrected chi connectivity index (χ4v) is 2.54. The summed E-state index contributed by atoms with van der Waals surface area (Å²) in [6.45, 7) is 2.03. The Kier molecular flexibility index (Phi) is 5.37. The van der Waals surface area contributed by atoms with Crippen LogP contribution in [0.5, 0.6) is 0 Å². The Balaban J connectivity index is 3.05. The fourth-order valence-electron chi connectivity index (χ4n) is 1.74. The van der Waals surface area contributed by atoms with Crippen molar-refractivity contribution < 1.29 is 4.79 Å².